The summed E-state index contributed by atoms with van der Waals surface area (Å²) in [6.07, 6.45) is 2.05. The zero-order valence-electron chi connectivity index (χ0n) is 16.3. The Hall–Kier alpha value is -3.15. The molecule has 0 atom stereocenters. The Kier molecular flexibility index (Phi) is 7.32. The monoisotopic (exact) mass is 384 g/mol. The summed E-state index contributed by atoms with van der Waals surface area (Å²) in [5, 5.41) is 10.7. The maximum Gasteiger partial charge on any atom is 0.342 e. The first-order valence-electron chi connectivity index (χ1n) is 9.20. The molecular formula is C22H24O6. The van der Waals surface area contributed by atoms with E-state index in [1.807, 2.05) is 6.92 Å². The van der Waals surface area contributed by atoms with Gasteiger partial charge < -0.3 is 14.6 Å². The molecule has 0 unspecified atom stereocenters. The Labute approximate surface area is 164 Å². The number of rotatable bonds is 8. The van der Waals surface area contributed by atoms with E-state index in [2.05, 4.69) is 0 Å². The number of benzene rings is 2. The van der Waals surface area contributed by atoms with Crippen molar-refractivity contribution in [3.8, 4) is 5.75 Å². The highest BCUT2D eigenvalue weighted by atomic mass is 16.5. The second kappa shape index (κ2) is 9.69. The minimum absolute atomic E-state index is 0.00829. The standard InChI is InChI=1S/C22H24O6/c1-4-6-10-15-13-16(19(23)14-11-8-7-9-12-14)17(22(26)28-5-2)18(20(15)24)21(25)27-3/h7-9,11-13,24H,4-6,10H2,1-3H3. The molecule has 148 valence electrons. The van der Waals surface area contributed by atoms with E-state index in [0.29, 0.717) is 17.5 Å². The van der Waals surface area contributed by atoms with Crippen molar-refractivity contribution in [1.29, 1.82) is 0 Å². The van der Waals surface area contributed by atoms with E-state index in [1.54, 1.807) is 37.3 Å². The van der Waals surface area contributed by atoms with Crippen LogP contribution in [0.2, 0.25) is 0 Å². The first-order valence-corrected chi connectivity index (χ1v) is 9.20. The SMILES string of the molecule is CCCCc1cc(C(=O)c2ccccc2)c(C(=O)OCC)c(C(=O)OC)c1O. The van der Waals surface area contributed by atoms with Gasteiger partial charge in [-0.05, 0) is 31.4 Å². The summed E-state index contributed by atoms with van der Waals surface area (Å²) in [6, 6.07) is 9.89. The third-order valence-electron chi connectivity index (χ3n) is 4.33. The average molecular weight is 384 g/mol. The number of aryl methyl sites for hydroxylation is 1. The maximum absolute atomic E-state index is 13.1. The lowest BCUT2D eigenvalue weighted by Gasteiger charge is -2.17. The fourth-order valence-corrected chi connectivity index (χ4v) is 2.93. The van der Waals surface area contributed by atoms with E-state index in [9.17, 15) is 19.5 Å². The molecular weight excluding hydrogens is 360 g/mol. The van der Waals surface area contributed by atoms with Crippen LogP contribution in [0.4, 0.5) is 0 Å². The van der Waals surface area contributed by atoms with E-state index in [4.69, 9.17) is 9.47 Å². The second-order valence-electron chi connectivity index (χ2n) is 6.19. The van der Waals surface area contributed by atoms with Gasteiger partial charge in [-0.1, -0.05) is 43.7 Å². The van der Waals surface area contributed by atoms with Crippen LogP contribution in [-0.4, -0.2) is 36.5 Å². The molecule has 0 radical (unpaired) electrons. The van der Waals surface area contributed by atoms with Crippen LogP contribution in [0.1, 0.15) is 68.9 Å². The van der Waals surface area contributed by atoms with Crippen molar-refractivity contribution in [3.05, 3.63) is 64.2 Å². The van der Waals surface area contributed by atoms with E-state index in [0.717, 1.165) is 20.0 Å². The zero-order valence-corrected chi connectivity index (χ0v) is 16.3. The molecule has 2 rings (SSSR count). The van der Waals surface area contributed by atoms with E-state index in [1.165, 1.54) is 6.07 Å². The molecule has 0 aliphatic carbocycles. The van der Waals surface area contributed by atoms with Gasteiger partial charge in [0.1, 0.15) is 11.3 Å². The molecule has 0 bridgehead atoms. The van der Waals surface area contributed by atoms with Gasteiger partial charge in [0.05, 0.1) is 19.3 Å². The summed E-state index contributed by atoms with van der Waals surface area (Å²) in [5.41, 5.74) is 0.161. The molecule has 0 aliphatic heterocycles. The van der Waals surface area contributed by atoms with Crippen molar-refractivity contribution < 1.29 is 29.0 Å². The van der Waals surface area contributed by atoms with Crippen LogP contribution in [0.5, 0.6) is 5.75 Å². The minimum Gasteiger partial charge on any atom is -0.507 e. The lowest BCUT2D eigenvalue weighted by Crippen LogP contribution is -2.20. The highest BCUT2D eigenvalue weighted by Crippen LogP contribution is 2.33. The van der Waals surface area contributed by atoms with Gasteiger partial charge in [-0.3, -0.25) is 4.79 Å². The Balaban J connectivity index is 2.80. The molecule has 6 nitrogen and oxygen atoms in total. The van der Waals surface area contributed by atoms with Crippen LogP contribution in [0.15, 0.2) is 36.4 Å². The van der Waals surface area contributed by atoms with Gasteiger partial charge in [0.25, 0.3) is 0 Å². The van der Waals surface area contributed by atoms with Gasteiger partial charge in [0.15, 0.2) is 5.78 Å². The van der Waals surface area contributed by atoms with Crippen molar-refractivity contribution in [2.24, 2.45) is 0 Å². The van der Waals surface area contributed by atoms with Crippen molar-refractivity contribution in [1.82, 2.24) is 0 Å². The Bertz CT molecular complexity index is 870. The van der Waals surface area contributed by atoms with Gasteiger partial charge >= 0.3 is 11.9 Å². The number of ether oxygens (including phenoxy) is 2. The third kappa shape index (κ3) is 4.39. The molecule has 0 saturated carbocycles. The molecule has 0 aliphatic rings. The Morgan fingerprint density at radius 2 is 1.68 bits per heavy atom. The van der Waals surface area contributed by atoms with Crippen molar-refractivity contribution in [2.45, 2.75) is 33.1 Å². The molecule has 0 aromatic heterocycles. The van der Waals surface area contributed by atoms with Crippen molar-refractivity contribution in [2.75, 3.05) is 13.7 Å². The topological polar surface area (TPSA) is 89.9 Å². The molecule has 0 saturated heterocycles. The van der Waals surface area contributed by atoms with Gasteiger partial charge in [0, 0.05) is 11.1 Å². The van der Waals surface area contributed by atoms with Crippen LogP contribution >= 0.6 is 0 Å². The second-order valence-corrected chi connectivity index (χ2v) is 6.19. The summed E-state index contributed by atoms with van der Waals surface area (Å²) in [4.78, 5) is 38.2. The molecule has 0 heterocycles. The highest BCUT2D eigenvalue weighted by Gasteiger charge is 2.31. The number of phenols is 1. The number of esters is 2. The summed E-state index contributed by atoms with van der Waals surface area (Å²) >= 11 is 0. The maximum atomic E-state index is 13.1. The molecule has 6 heteroatoms. The molecule has 0 amide bonds. The van der Waals surface area contributed by atoms with E-state index in [-0.39, 0.29) is 29.0 Å². The molecule has 2 aromatic carbocycles. The molecule has 28 heavy (non-hydrogen) atoms. The Morgan fingerprint density at radius 1 is 1.00 bits per heavy atom. The number of hydrogen-bond acceptors (Lipinski definition) is 6. The lowest BCUT2D eigenvalue weighted by molar-refractivity contribution is 0.0499. The van der Waals surface area contributed by atoms with E-state index >= 15 is 0 Å². The predicted molar refractivity (Wildman–Crippen MR) is 104 cm³/mol. The lowest BCUT2D eigenvalue weighted by atomic mass is 9.89. The van der Waals surface area contributed by atoms with Gasteiger partial charge in [-0.15, -0.1) is 0 Å². The number of methoxy groups -OCH3 is 1. The molecule has 1 N–H and O–H groups in total. The third-order valence-corrected chi connectivity index (χ3v) is 4.33. The molecule has 0 spiro atoms. The number of phenolic OH excluding ortho intramolecular Hbond substituents is 1. The first kappa shape index (κ1) is 21.2. The average Bonchev–Trinajstić information content (AvgIpc) is 2.72. The first-order chi connectivity index (χ1) is 13.5. The van der Waals surface area contributed by atoms with Crippen LogP contribution in [0, 0.1) is 0 Å². The number of unbranched alkanes of at least 4 members (excludes halogenated alkanes) is 1. The summed E-state index contributed by atoms with van der Waals surface area (Å²) in [7, 11) is 1.15. The summed E-state index contributed by atoms with van der Waals surface area (Å²) in [6.45, 7) is 3.65. The van der Waals surface area contributed by atoms with Crippen LogP contribution < -0.4 is 0 Å². The van der Waals surface area contributed by atoms with E-state index < -0.39 is 17.7 Å². The minimum atomic E-state index is -0.902. The molecule has 0 fully saturated rings. The number of carbonyl (C=O) groups is 3. The smallest absolute Gasteiger partial charge is 0.342 e. The zero-order chi connectivity index (χ0) is 20.7. The number of carbonyl (C=O) groups excluding carboxylic acids is 3. The van der Waals surface area contributed by atoms with Gasteiger partial charge in [-0.2, -0.15) is 0 Å². The number of ketones is 1. The normalized spacial score (nSPS) is 10.4. The summed E-state index contributed by atoms with van der Waals surface area (Å²) < 4.78 is 9.82. The van der Waals surface area contributed by atoms with Crippen LogP contribution in [0.25, 0.3) is 0 Å². The largest absolute Gasteiger partial charge is 0.507 e. The van der Waals surface area contributed by atoms with Crippen LogP contribution in [-0.2, 0) is 15.9 Å². The van der Waals surface area contributed by atoms with Crippen molar-refractivity contribution >= 4 is 17.7 Å². The highest BCUT2D eigenvalue weighted by molar-refractivity contribution is 6.18. The van der Waals surface area contributed by atoms with Crippen molar-refractivity contribution in [3.63, 3.8) is 0 Å². The quantitative estimate of drug-likeness (QED) is 0.548. The van der Waals surface area contributed by atoms with Crippen LogP contribution in [0.3, 0.4) is 0 Å². The number of aromatic hydroxyl groups is 1. The number of hydrogen-bond donors (Lipinski definition) is 1. The fraction of sp³-hybridized carbons (Fsp3) is 0.318. The summed E-state index contributed by atoms with van der Waals surface area (Å²) in [5.74, 6) is -2.56. The fourth-order valence-electron chi connectivity index (χ4n) is 2.93. The predicted octanol–water partition coefficient (Wildman–Crippen LogP) is 3.93. The van der Waals surface area contributed by atoms with Gasteiger partial charge in [-0.25, -0.2) is 9.59 Å². The molecule has 2 aromatic rings. The Morgan fingerprint density at radius 3 is 2.25 bits per heavy atom. The van der Waals surface area contributed by atoms with Gasteiger partial charge in [0.2, 0.25) is 0 Å².